The summed E-state index contributed by atoms with van der Waals surface area (Å²) in [6.07, 6.45) is -0.0655. The fourth-order valence-corrected chi connectivity index (χ4v) is 2.81. The van der Waals surface area contributed by atoms with Crippen molar-refractivity contribution in [3.05, 3.63) is 35.4 Å². The summed E-state index contributed by atoms with van der Waals surface area (Å²) in [6.45, 7) is 2.63. The van der Waals surface area contributed by atoms with Gasteiger partial charge in [0.25, 0.3) is 5.88 Å². The van der Waals surface area contributed by atoms with Gasteiger partial charge in [-0.25, -0.2) is 9.48 Å². The lowest BCUT2D eigenvalue weighted by molar-refractivity contribution is -0.0410. The van der Waals surface area contributed by atoms with Crippen molar-refractivity contribution >= 4 is 23.4 Å². The first-order valence-electron chi connectivity index (χ1n) is 7.88. The molecule has 3 N–H and O–H groups in total. The van der Waals surface area contributed by atoms with Crippen molar-refractivity contribution in [2.45, 2.75) is 6.10 Å². The van der Waals surface area contributed by atoms with E-state index in [9.17, 15) is 4.79 Å². The maximum atomic E-state index is 11.3. The number of carbonyl (C=O) groups excluding carboxylic acids is 1. The number of primary amides is 1. The third-order valence-electron chi connectivity index (χ3n) is 3.79. The minimum atomic E-state index is -0.734. The fraction of sp³-hybridized carbons (Fsp3) is 0.375. The molecule has 2 heterocycles. The number of hydrogen-bond acceptors (Lipinski definition) is 5. The summed E-state index contributed by atoms with van der Waals surface area (Å²) in [6, 6.07) is 8.51. The molecule has 0 bridgehead atoms. The van der Waals surface area contributed by atoms with Gasteiger partial charge in [-0.15, -0.1) is 5.10 Å². The fourth-order valence-electron chi connectivity index (χ4n) is 2.59. The smallest absolute Gasteiger partial charge is 0.317 e. The molecule has 8 nitrogen and oxygen atoms in total. The highest BCUT2D eigenvalue weighted by atomic mass is 35.5. The Kier molecular flexibility index (Phi) is 5.42. The predicted octanol–water partition coefficient (Wildman–Crippen LogP) is 1.73. The number of amides is 2. The average Bonchev–Trinajstić information content (AvgIpc) is 2.90. The van der Waals surface area contributed by atoms with Crippen LogP contribution in [0.3, 0.4) is 0 Å². The molecular weight excluding hydrogens is 346 g/mol. The Morgan fingerprint density at radius 2 is 2.24 bits per heavy atom. The molecule has 1 aliphatic heterocycles. The average molecular weight is 366 g/mol. The van der Waals surface area contributed by atoms with E-state index in [0.717, 1.165) is 18.8 Å². The van der Waals surface area contributed by atoms with Crippen molar-refractivity contribution in [2.24, 2.45) is 5.73 Å². The van der Waals surface area contributed by atoms with E-state index in [1.807, 2.05) is 37.4 Å². The van der Waals surface area contributed by atoms with Crippen molar-refractivity contribution in [1.29, 1.82) is 0 Å². The monoisotopic (exact) mass is 365 g/mol. The Morgan fingerprint density at radius 3 is 2.92 bits per heavy atom. The van der Waals surface area contributed by atoms with Crippen LogP contribution in [0.4, 0.5) is 10.6 Å². The van der Waals surface area contributed by atoms with Crippen LogP contribution in [0.25, 0.3) is 5.69 Å². The van der Waals surface area contributed by atoms with Crippen molar-refractivity contribution < 1.29 is 14.3 Å². The van der Waals surface area contributed by atoms with E-state index in [1.165, 1.54) is 4.68 Å². The number of nitrogens with zero attached hydrogens (tertiary/aromatic N) is 3. The first-order valence-corrected chi connectivity index (χ1v) is 8.25. The van der Waals surface area contributed by atoms with Crippen LogP contribution in [0.15, 0.2) is 30.3 Å². The highest BCUT2D eigenvalue weighted by Crippen LogP contribution is 2.34. The lowest BCUT2D eigenvalue weighted by Gasteiger charge is -2.29. The number of rotatable bonds is 5. The molecule has 0 radical (unpaired) electrons. The number of likely N-dealkylation sites (N-methyl/N-ethyl adjacent to an activating group) is 1. The zero-order valence-corrected chi connectivity index (χ0v) is 14.6. The van der Waals surface area contributed by atoms with Crippen LogP contribution in [0, 0.1) is 0 Å². The van der Waals surface area contributed by atoms with E-state index in [1.54, 1.807) is 0 Å². The van der Waals surface area contributed by atoms with Gasteiger partial charge in [0, 0.05) is 13.1 Å². The number of morpholine rings is 1. The van der Waals surface area contributed by atoms with Crippen LogP contribution in [0.1, 0.15) is 0 Å². The van der Waals surface area contributed by atoms with E-state index in [0.29, 0.717) is 13.2 Å². The number of benzene rings is 1. The SMILES string of the molecule is CN1CCOC(COc2nn(-c3ccccc3)c(NC(N)=O)c2Cl)C1. The molecule has 1 fully saturated rings. The van der Waals surface area contributed by atoms with Gasteiger partial charge in [0.1, 0.15) is 17.7 Å². The Morgan fingerprint density at radius 1 is 1.48 bits per heavy atom. The summed E-state index contributed by atoms with van der Waals surface area (Å²) in [5.41, 5.74) is 5.96. The normalized spacial score (nSPS) is 18.1. The third kappa shape index (κ3) is 4.22. The van der Waals surface area contributed by atoms with E-state index in [4.69, 9.17) is 26.8 Å². The van der Waals surface area contributed by atoms with Crippen LogP contribution < -0.4 is 15.8 Å². The largest absolute Gasteiger partial charge is 0.473 e. The van der Waals surface area contributed by atoms with Gasteiger partial charge in [0.05, 0.1) is 12.3 Å². The van der Waals surface area contributed by atoms with E-state index in [-0.39, 0.29) is 22.8 Å². The maximum absolute atomic E-state index is 11.3. The number of hydrogen-bond donors (Lipinski definition) is 2. The minimum absolute atomic E-state index is 0.0655. The summed E-state index contributed by atoms with van der Waals surface area (Å²) in [5, 5.41) is 7.04. The quantitative estimate of drug-likeness (QED) is 0.841. The molecule has 1 saturated heterocycles. The van der Waals surface area contributed by atoms with E-state index in [2.05, 4.69) is 15.3 Å². The zero-order valence-electron chi connectivity index (χ0n) is 13.8. The van der Waals surface area contributed by atoms with Gasteiger partial charge < -0.3 is 20.1 Å². The van der Waals surface area contributed by atoms with Crippen LogP contribution in [0.5, 0.6) is 5.88 Å². The lowest BCUT2D eigenvalue weighted by Crippen LogP contribution is -2.42. The standard InChI is InChI=1S/C16H20ClN5O3/c1-21-7-8-24-12(9-21)10-25-15-13(17)14(19-16(18)23)22(20-15)11-5-3-2-4-6-11/h2-6,12H,7-10H2,1H3,(H3,18,19,23). The Hall–Kier alpha value is -2.29. The second-order valence-corrected chi connectivity index (χ2v) is 6.15. The summed E-state index contributed by atoms with van der Waals surface area (Å²) >= 11 is 6.34. The van der Waals surface area contributed by atoms with Crippen LogP contribution in [-0.4, -0.2) is 60.2 Å². The molecule has 0 aliphatic carbocycles. The van der Waals surface area contributed by atoms with Crippen molar-refractivity contribution in [2.75, 3.05) is 38.7 Å². The molecule has 134 valence electrons. The molecule has 1 aliphatic rings. The molecular formula is C16H20ClN5O3. The number of ether oxygens (including phenoxy) is 2. The van der Waals surface area contributed by atoms with Gasteiger partial charge in [-0.05, 0) is 19.2 Å². The zero-order chi connectivity index (χ0) is 17.8. The number of aromatic nitrogens is 2. The number of para-hydroxylation sites is 1. The molecule has 1 aromatic heterocycles. The molecule has 2 amide bonds. The molecule has 3 rings (SSSR count). The van der Waals surface area contributed by atoms with Crippen LogP contribution in [-0.2, 0) is 4.74 Å². The van der Waals surface area contributed by atoms with Gasteiger partial charge in [0.15, 0.2) is 5.82 Å². The highest BCUT2D eigenvalue weighted by molar-refractivity contribution is 6.34. The van der Waals surface area contributed by atoms with E-state index < -0.39 is 6.03 Å². The maximum Gasteiger partial charge on any atom is 0.317 e. The van der Waals surface area contributed by atoms with Gasteiger partial charge in [-0.1, -0.05) is 29.8 Å². The first kappa shape index (κ1) is 17.5. The van der Waals surface area contributed by atoms with E-state index >= 15 is 0 Å². The van der Waals surface area contributed by atoms with Crippen molar-refractivity contribution in [3.8, 4) is 11.6 Å². The molecule has 25 heavy (non-hydrogen) atoms. The second kappa shape index (κ2) is 7.73. The second-order valence-electron chi connectivity index (χ2n) is 5.77. The molecule has 1 aromatic carbocycles. The van der Waals surface area contributed by atoms with Gasteiger partial charge in [0.2, 0.25) is 0 Å². The molecule has 2 aromatic rings. The van der Waals surface area contributed by atoms with Crippen LogP contribution >= 0.6 is 11.6 Å². The van der Waals surface area contributed by atoms with Gasteiger partial charge in [-0.2, -0.15) is 0 Å². The van der Waals surface area contributed by atoms with Gasteiger partial charge >= 0.3 is 6.03 Å². The lowest BCUT2D eigenvalue weighted by atomic mass is 10.3. The van der Waals surface area contributed by atoms with Gasteiger partial charge in [-0.3, -0.25) is 5.32 Å². The predicted molar refractivity (Wildman–Crippen MR) is 94.5 cm³/mol. The topological polar surface area (TPSA) is 94.6 Å². The number of nitrogens with one attached hydrogen (secondary N) is 1. The Balaban J connectivity index is 1.82. The number of anilines is 1. The number of urea groups is 1. The molecule has 9 heteroatoms. The molecule has 0 spiro atoms. The van der Waals surface area contributed by atoms with Crippen molar-refractivity contribution in [1.82, 2.24) is 14.7 Å². The summed E-state index contributed by atoms with van der Waals surface area (Å²) in [4.78, 5) is 13.5. The number of nitrogens with two attached hydrogens (primary N) is 1. The number of carbonyl (C=O) groups is 1. The third-order valence-corrected chi connectivity index (χ3v) is 4.13. The minimum Gasteiger partial charge on any atom is -0.473 e. The Labute approximate surface area is 150 Å². The molecule has 1 unspecified atom stereocenters. The molecule has 1 atom stereocenters. The summed E-state index contributed by atoms with van der Waals surface area (Å²) in [5.74, 6) is 0.475. The first-order chi connectivity index (χ1) is 12.0. The van der Waals surface area contributed by atoms with Crippen LogP contribution in [0.2, 0.25) is 5.02 Å². The number of halogens is 1. The summed E-state index contributed by atoms with van der Waals surface area (Å²) in [7, 11) is 2.03. The molecule has 0 saturated carbocycles. The Bertz CT molecular complexity index is 737. The van der Waals surface area contributed by atoms with Crippen molar-refractivity contribution in [3.63, 3.8) is 0 Å². The highest BCUT2D eigenvalue weighted by Gasteiger charge is 2.23. The summed E-state index contributed by atoms with van der Waals surface area (Å²) < 4.78 is 12.9.